The van der Waals surface area contributed by atoms with E-state index < -0.39 is 11.7 Å². The number of hydrogen-bond donors (Lipinski definition) is 2. The molecule has 2 aromatic carbocycles. The summed E-state index contributed by atoms with van der Waals surface area (Å²) in [6.45, 7) is 4.08. The summed E-state index contributed by atoms with van der Waals surface area (Å²) in [6.07, 6.45) is 3.23. The van der Waals surface area contributed by atoms with Crippen molar-refractivity contribution in [1.29, 1.82) is 0 Å². The molecule has 2 aliphatic rings. The molecular formula is C29H31ClFN5O5. The van der Waals surface area contributed by atoms with Crippen molar-refractivity contribution >= 4 is 34.9 Å². The number of carbonyl (C=O) groups excluding carboxylic acids is 2. The first-order chi connectivity index (χ1) is 19.7. The lowest BCUT2D eigenvalue weighted by molar-refractivity contribution is 0.0911. The smallest absolute Gasteiger partial charge is 0.254 e. The van der Waals surface area contributed by atoms with E-state index >= 15 is 4.39 Å². The molecule has 0 aliphatic carbocycles. The average Bonchev–Trinajstić information content (AvgIpc) is 3.09. The highest BCUT2D eigenvalue weighted by Gasteiger charge is 2.26. The third-order valence-electron chi connectivity index (χ3n) is 7.08. The average molecular weight is 584 g/mol. The number of fused-ring (bicyclic) bond motifs is 1. The molecule has 1 amide bonds. The number of nitrogens with one attached hydrogen (secondary N) is 2. The van der Waals surface area contributed by atoms with Crippen molar-refractivity contribution < 1.29 is 28.2 Å². The van der Waals surface area contributed by atoms with E-state index in [-0.39, 0.29) is 57.3 Å². The lowest BCUT2D eigenvalue weighted by Gasteiger charge is -2.29. The van der Waals surface area contributed by atoms with Crippen LogP contribution >= 0.6 is 11.6 Å². The number of piperidine rings is 1. The number of anilines is 2. The van der Waals surface area contributed by atoms with E-state index in [0.29, 0.717) is 24.3 Å². The summed E-state index contributed by atoms with van der Waals surface area (Å²) in [4.78, 5) is 36.4. The zero-order chi connectivity index (χ0) is 29.1. The number of carbonyl (C=O) groups is 2. The first kappa shape index (κ1) is 28.6. The zero-order valence-corrected chi connectivity index (χ0v) is 23.8. The number of aromatic nitrogens is 2. The first-order valence-electron chi connectivity index (χ1n) is 13.3. The van der Waals surface area contributed by atoms with Crippen LogP contribution in [-0.2, 0) is 0 Å². The van der Waals surface area contributed by atoms with Gasteiger partial charge in [-0.05, 0) is 57.1 Å². The third-order valence-corrected chi connectivity index (χ3v) is 7.34. The van der Waals surface area contributed by atoms with E-state index in [4.69, 9.17) is 25.8 Å². The Balaban J connectivity index is 1.36. The predicted octanol–water partition coefficient (Wildman–Crippen LogP) is 5.24. The van der Waals surface area contributed by atoms with Crippen molar-refractivity contribution in [2.24, 2.45) is 5.92 Å². The van der Waals surface area contributed by atoms with Crippen molar-refractivity contribution in [2.45, 2.75) is 32.2 Å². The normalized spacial score (nSPS) is 17.7. The fraction of sp³-hybridized carbons (Fsp3) is 0.379. The lowest BCUT2D eigenvalue weighted by atomic mass is 10.0. The van der Waals surface area contributed by atoms with Crippen LogP contribution in [-0.4, -0.2) is 66.5 Å². The SMILES string of the molecule is COc1cc(C(=O)NC2CCN(C)CC2)c(F)cc1Nc1ncc(Cl)c(Oc2cccc3c2C(=O)C[C@@H](C)CO3)n1. The molecule has 10 nitrogen and oxygen atoms in total. The molecule has 3 aromatic rings. The fourth-order valence-electron chi connectivity index (χ4n) is 4.82. The molecule has 12 heteroatoms. The minimum absolute atomic E-state index is 0.0174. The number of ketones is 1. The number of hydrogen-bond acceptors (Lipinski definition) is 9. The molecule has 0 bridgehead atoms. The van der Waals surface area contributed by atoms with E-state index in [9.17, 15) is 9.59 Å². The molecule has 3 heterocycles. The van der Waals surface area contributed by atoms with Gasteiger partial charge in [-0.3, -0.25) is 9.59 Å². The van der Waals surface area contributed by atoms with Crippen molar-refractivity contribution in [1.82, 2.24) is 20.2 Å². The molecule has 5 rings (SSSR count). The summed E-state index contributed by atoms with van der Waals surface area (Å²) >= 11 is 6.33. The summed E-state index contributed by atoms with van der Waals surface area (Å²) in [5.41, 5.74) is 0.387. The van der Waals surface area contributed by atoms with Gasteiger partial charge in [0.25, 0.3) is 5.91 Å². The molecule has 1 fully saturated rings. The maximum atomic E-state index is 15.1. The topological polar surface area (TPSA) is 115 Å². The summed E-state index contributed by atoms with van der Waals surface area (Å²) in [7, 11) is 3.44. The van der Waals surface area contributed by atoms with E-state index in [1.165, 1.54) is 19.4 Å². The molecule has 0 saturated carbocycles. The number of methoxy groups -OCH3 is 1. The second kappa shape index (κ2) is 12.3. The number of benzene rings is 2. The van der Waals surface area contributed by atoms with Gasteiger partial charge >= 0.3 is 0 Å². The van der Waals surface area contributed by atoms with Gasteiger partial charge in [-0.25, -0.2) is 9.37 Å². The molecule has 2 N–H and O–H groups in total. The van der Waals surface area contributed by atoms with Gasteiger partial charge in [-0.2, -0.15) is 4.98 Å². The molecule has 216 valence electrons. The molecule has 1 atom stereocenters. The minimum atomic E-state index is -0.733. The van der Waals surface area contributed by atoms with Crippen molar-refractivity contribution in [3.8, 4) is 23.1 Å². The van der Waals surface area contributed by atoms with E-state index in [1.54, 1.807) is 18.2 Å². The molecule has 41 heavy (non-hydrogen) atoms. The van der Waals surface area contributed by atoms with Gasteiger partial charge in [0.1, 0.15) is 33.7 Å². The zero-order valence-electron chi connectivity index (χ0n) is 23.0. The maximum absolute atomic E-state index is 15.1. The van der Waals surface area contributed by atoms with Gasteiger partial charge in [0.2, 0.25) is 11.8 Å². The van der Waals surface area contributed by atoms with Crippen LogP contribution < -0.4 is 24.8 Å². The summed E-state index contributed by atoms with van der Waals surface area (Å²) < 4.78 is 32.3. The van der Waals surface area contributed by atoms with Gasteiger partial charge in [0.05, 0.1) is 31.2 Å². The molecule has 2 aliphatic heterocycles. The van der Waals surface area contributed by atoms with Crippen LogP contribution in [0.15, 0.2) is 36.5 Å². The standard InChI is InChI=1S/C29H31ClFN5O5/c1-16-11-22(37)26-23(40-15-16)5-4-6-24(26)41-28-19(30)14-32-29(35-28)34-21-13-20(31)18(12-25(21)39-3)27(38)33-17-7-9-36(2)10-8-17/h4-6,12-14,16-17H,7-11,15H2,1-3H3,(H,33,38)(H,32,34,35)/t16-/m1/s1. The lowest BCUT2D eigenvalue weighted by Crippen LogP contribution is -2.43. The minimum Gasteiger partial charge on any atom is -0.495 e. The van der Waals surface area contributed by atoms with Gasteiger partial charge in [0.15, 0.2) is 5.78 Å². The Kier molecular flexibility index (Phi) is 8.55. The van der Waals surface area contributed by atoms with Crippen LogP contribution in [0.4, 0.5) is 16.0 Å². The van der Waals surface area contributed by atoms with Crippen LogP contribution in [0.25, 0.3) is 0 Å². The third kappa shape index (κ3) is 6.52. The summed E-state index contributed by atoms with van der Waals surface area (Å²) in [5.74, 6) is -0.379. The largest absolute Gasteiger partial charge is 0.495 e. The van der Waals surface area contributed by atoms with Crippen LogP contribution in [0, 0.1) is 11.7 Å². The van der Waals surface area contributed by atoms with Gasteiger partial charge in [-0.15, -0.1) is 0 Å². The second-order valence-electron chi connectivity index (χ2n) is 10.3. The van der Waals surface area contributed by atoms with E-state index in [0.717, 1.165) is 32.0 Å². The number of likely N-dealkylation sites (tertiary alicyclic amines) is 1. The molecule has 0 spiro atoms. The molecule has 0 unspecified atom stereocenters. The molecule has 1 saturated heterocycles. The monoisotopic (exact) mass is 583 g/mol. The Morgan fingerprint density at radius 1 is 1.22 bits per heavy atom. The quantitative estimate of drug-likeness (QED) is 0.385. The van der Waals surface area contributed by atoms with Crippen LogP contribution in [0.1, 0.15) is 46.9 Å². The Morgan fingerprint density at radius 3 is 2.76 bits per heavy atom. The van der Waals surface area contributed by atoms with Gasteiger partial charge in [-0.1, -0.05) is 24.6 Å². The molecule has 1 aromatic heterocycles. The highest BCUT2D eigenvalue weighted by Crippen LogP contribution is 2.38. The van der Waals surface area contributed by atoms with Crippen molar-refractivity contribution in [3.05, 3.63) is 58.5 Å². The van der Waals surface area contributed by atoms with E-state index in [1.807, 2.05) is 14.0 Å². The maximum Gasteiger partial charge on any atom is 0.254 e. The van der Waals surface area contributed by atoms with Crippen LogP contribution in [0.3, 0.4) is 0 Å². The Bertz CT molecular complexity index is 1460. The van der Waals surface area contributed by atoms with Gasteiger partial charge in [0, 0.05) is 18.5 Å². The number of amides is 1. The van der Waals surface area contributed by atoms with Gasteiger partial charge < -0.3 is 29.7 Å². The van der Waals surface area contributed by atoms with Crippen molar-refractivity contribution in [2.75, 3.05) is 39.2 Å². The Hall–Kier alpha value is -3.96. The summed E-state index contributed by atoms with van der Waals surface area (Å²) in [5, 5.41) is 5.92. The number of nitrogens with zero attached hydrogens (tertiary/aromatic N) is 3. The number of rotatable bonds is 7. The Morgan fingerprint density at radius 2 is 2.00 bits per heavy atom. The molecule has 0 radical (unpaired) electrons. The highest BCUT2D eigenvalue weighted by molar-refractivity contribution is 6.31. The van der Waals surface area contributed by atoms with E-state index in [2.05, 4.69) is 25.5 Å². The second-order valence-corrected chi connectivity index (χ2v) is 10.7. The highest BCUT2D eigenvalue weighted by atomic mass is 35.5. The number of halogens is 2. The molecular weight excluding hydrogens is 553 g/mol. The van der Waals surface area contributed by atoms with Crippen molar-refractivity contribution in [3.63, 3.8) is 0 Å². The first-order valence-corrected chi connectivity index (χ1v) is 13.7. The number of ether oxygens (including phenoxy) is 3. The Labute approximate surface area is 242 Å². The van der Waals surface area contributed by atoms with Crippen LogP contribution in [0.5, 0.6) is 23.1 Å². The fourth-order valence-corrected chi connectivity index (χ4v) is 4.95. The summed E-state index contributed by atoms with van der Waals surface area (Å²) in [6, 6.07) is 7.52. The number of Topliss-reactive ketones (excluding diaryl/α,β-unsaturated/α-hetero) is 1. The predicted molar refractivity (Wildman–Crippen MR) is 151 cm³/mol. The van der Waals surface area contributed by atoms with Crippen LogP contribution in [0.2, 0.25) is 5.02 Å².